The molecule has 0 aliphatic rings. The number of ether oxygens (including phenoxy) is 3. The summed E-state index contributed by atoms with van der Waals surface area (Å²) >= 11 is 0. The monoisotopic (exact) mass is 386 g/mol. The second-order valence-corrected chi connectivity index (χ2v) is 5.82. The number of Topliss-reactive ketones (excluding diaryl/α,β-unsaturated/α-hetero) is 1. The van der Waals surface area contributed by atoms with Gasteiger partial charge in [-0.3, -0.25) is 14.4 Å². The molecule has 8 nitrogen and oxygen atoms in total. The van der Waals surface area contributed by atoms with Crippen LogP contribution in [0.5, 0.6) is 17.2 Å². The molecule has 8 heteroatoms. The molecule has 0 fully saturated rings. The van der Waals surface area contributed by atoms with Crippen molar-refractivity contribution < 1.29 is 28.6 Å². The molecule has 0 radical (unpaired) electrons. The van der Waals surface area contributed by atoms with Crippen LogP contribution < -0.4 is 24.8 Å². The molecule has 2 aromatic rings. The highest BCUT2D eigenvalue weighted by Gasteiger charge is 2.16. The van der Waals surface area contributed by atoms with E-state index in [1.54, 1.807) is 36.4 Å². The molecule has 0 unspecified atom stereocenters. The summed E-state index contributed by atoms with van der Waals surface area (Å²) < 4.78 is 15.7. The lowest BCUT2D eigenvalue weighted by molar-refractivity contribution is -0.123. The van der Waals surface area contributed by atoms with Gasteiger partial charge in [-0.25, -0.2) is 0 Å². The molecule has 0 heterocycles. The smallest absolute Gasteiger partial charge is 0.233 e. The second kappa shape index (κ2) is 9.40. The number of hydrogen-bond donors (Lipinski definition) is 2. The zero-order valence-electron chi connectivity index (χ0n) is 16.1. The number of methoxy groups -OCH3 is 3. The van der Waals surface area contributed by atoms with Crippen LogP contribution in [0.15, 0.2) is 36.4 Å². The van der Waals surface area contributed by atoms with E-state index in [2.05, 4.69) is 10.6 Å². The molecular formula is C20H22N2O6. The van der Waals surface area contributed by atoms with Gasteiger partial charge in [-0.05, 0) is 31.2 Å². The molecule has 0 spiro atoms. The Bertz CT molecular complexity index is 852. The lowest BCUT2D eigenvalue weighted by Crippen LogP contribution is -2.21. The van der Waals surface area contributed by atoms with Crippen molar-refractivity contribution in [3.63, 3.8) is 0 Å². The van der Waals surface area contributed by atoms with Crippen LogP contribution in [0.25, 0.3) is 0 Å². The maximum absolute atomic E-state index is 12.2. The number of hydrogen-bond acceptors (Lipinski definition) is 6. The topological polar surface area (TPSA) is 103 Å². The zero-order chi connectivity index (χ0) is 20.7. The Kier molecular flexibility index (Phi) is 6.97. The largest absolute Gasteiger partial charge is 0.493 e. The van der Waals surface area contributed by atoms with Crippen LogP contribution in [0.1, 0.15) is 23.7 Å². The number of anilines is 2. The van der Waals surface area contributed by atoms with E-state index in [9.17, 15) is 14.4 Å². The minimum absolute atomic E-state index is 0.0670. The van der Waals surface area contributed by atoms with Crippen LogP contribution >= 0.6 is 0 Å². The number of carbonyl (C=O) groups excluding carboxylic acids is 3. The predicted octanol–water partition coefficient (Wildman–Crippen LogP) is 2.88. The number of benzene rings is 2. The summed E-state index contributed by atoms with van der Waals surface area (Å²) in [4.78, 5) is 35.5. The van der Waals surface area contributed by atoms with Crippen molar-refractivity contribution in [1.29, 1.82) is 0 Å². The fourth-order valence-electron chi connectivity index (χ4n) is 2.50. The molecule has 0 aliphatic heterocycles. The second-order valence-electron chi connectivity index (χ2n) is 5.82. The third kappa shape index (κ3) is 5.23. The van der Waals surface area contributed by atoms with Gasteiger partial charge in [0.05, 0.1) is 21.3 Å². The van der Waals surface area contributed by atoms with Gasteiger partial charge in [0.15, 0.2) is 17.3 Å². The molecular weight excluding hydrogens is 364 g/mol. The van der Waals surface area contributed by atoms with Crippen LogP contribution in [0.4, 0.5) is 11.4 Å². The van der Waals surface area contributed by atoms with E-state index >= 15 is 0 Å². The van der Waals surface area contributed by atoms with Crippen LogP contribution in [0.2, 0.25) is 0 Å². The van der Waals surface area contributed by atoms with Gasteiger partial charge in [-0.1, -0.05) is 0 Å². The van der Waals surface area contributed by atoms with Crippen molar-refractivity contribution in [2.45, 2.75) is 13.3 Å². The first-order valence-corrected chi connectivity index (χ1v) is 8.38. The van der Waals surface area contributed by atoms with E-state index in [0.717, 1.165) is 0 Å². The van der Waals surface area contributed by atoms with Gasteiger partial charge in [0.1, 0.15) is 6.42 Å². The number of carbonyl (C=O) groups is 3. The van der Waals surface area contributed by atoms with Crippen molar-refractivity contribution in [3.8, 4) is 17.2 Å². The summed E-state index contributed by atoms with van der Waals surface area (Å²) in [5, 5.41) is 5.23. The first-order chi connectivity index (χ1) is 13.4. The first kappa shape index (κ1) is 20.8. The fourth-order valence-corrected chi connectivity index (χ4v) is 2.50. The summed E-state index contributed by atoms with van der Waals surface area (Å²) in [5.41, 5.74) is 1.44. The molecule has 28 heavy (non-hydrogen) atoms. The normalized spacial score (nSPS) is 10.0. The molecule has 0 saturated carbocycles. The van der Waals surface area contributed by atoms with Gasteiger partial charge >= 0.3 is 0 Å². The molecule has 2 amide bonds. The number of amides is 2. The Morgan fingerprint density at radius 1 is 0.786 bits per heavy atom. The Hall–Kier alpha value is -3.55. The predicted molar refractivity (Wildman–Crippen MR) is 104 cm³/mol. The standard InChI is InChI=1S/C20H22N2O6/c1-12(23)13-5-7-14(8-6-13)21-18(24)11-19(25)22-15-9-16(26-2)20(28-4)17(10-15)27-3/h5-10H,11H2,1-4H3,(H,21,24)(H,22,25). The van der Waals surface area contributed by atoms with Crippen molar-refractivity contribution in [3.05, 3.63) is 42.0 Å². The van der Waals surface area contributed by atoms with Gasteiger partial charge < -0.3 is 24.8 Å². The maximum Gasteiger partial charge on any atom is 0.233 e. The molecule has 0 saturated heterocycles. The Balaban J connectivity index is 2.01. The molecule has 0 aliphatic carbocycles. The first-order valence-electron chi connectivity index (χ1n) is 8.38. The van der Waals surface area contributed by atoms with Gasteiger partial charge in [0, 0.05) is 29.1 Å². The maximum atomic E-state index is 12.2. The van der Waals surface area contributed by atoms with Gasteiger partial charge in [0.2, 0.25) is 17.6 Å². The quantitative estimate of drug-likeness (QED) is 0.534. The molecule has 2 N–H and O–H groups in total. The van der Waals surface area contributed by atoms with Gasteiger partial charge in [-0.15, -0.1) is 0 Å². The molecule has 2 rings (SSSR count). The summed E-state index contributed by atoms with van der Waals surface area (Å²) in [5.74, 6) is 0.101. The Morgan fingerprint density at radius 3 is 1.71 bits per heavy atom. The summed E-state index contributed by atoms with van der Waals surface area (Å²) in [7, 11) is 4.41. The Labute approximate surface area is 162 Å². The third-order valence-electron chi connectivity index (χ3n) is 3.84. The third-order valence-corrected chi connectivity index (χ3v) is 3.84. The van der Waals surface area contributed by atoms with Crippen molar-refractivity contribution in [1.82, 2.24) is 0 Å². The lowest BCUT2D eigenvalue weighted by atomic mass is 10.1. The minimum atomic E-state index is -0.507. The van der Waals surface area contributed by atoms with Gasteiger partial charge in [0.25, 0.3) is 0 Å². The molecule has 148 valence electrons. The highest BCUT2D eigenvalue weighted by molar-refractivity contribution is 6.08. The van der Waals surface area contributed by atoms with E-state index in [4.69, 9.17) is 14.2 Å². The average Bonchev–Trinajstić information content (AvgIpc) is 2.67. The molecule has 2 aromatic carbocycles. The summed E-state index contributed by atoms with van der Waals surface area (Å²) in [6, 6.07) is 9.55. The number of ketones is 1. The van der Waals surface area contributed by atoms with Crippen LogP contribution in [-0.4, -0.2) is 38.9 Å². The van der Waals surface area contributed by atoms with E-state index in [1.807, 2.05) is 0 Å². The summed E-state index contributed by atoms with van der Waals surface area (Å²) in [6.45, 7) is 1.46. The minimum Gasteiger partial charge on any atom is -0.493 e. The van der Waals surface area contributed by atoms with Crippen LogP contribution in [0, 0.1) is 0 Å². The van der Waals surface area contributed by atoms with Crippen molar-refractivity contribution >= 4 is 29.0 Å². The van der Waals surface area contributed by atoms with E-state index < -0.39 is 11.8 Å². The SMILES string of the molecule is COc1cc(NC(=O)CC(=O)Nc2ccc(C(C)=O)cc2)cc(OC)c1OC. The van der Waals surface area contributed by atoms with E-state index in [1.165, 1.54) is 28.3 Å². The summed E-state index contributed by atoms with van der Waals surface area (Å²) in [6.07, 6.45) is -0.384. The van der Waals surface area contributed by atoms with Crippen LogP contribution in [-0.2, 0) is 9.59 Å². The molecule has 0 bridgehead atoms. The number of nitrogens with one attached hydrogen (secondary N) is 2. The van der Waals surface area contributed by atoms with E-state index in [-0.39, 0.29) is 12.2 Å². The highest BCUT2D eigenvalue weighted by Crippen LogP contribution is 2.39. The van der Waals surface area contributed by atoms with Crippen LogP contribution in [0.3, 0.4) is 0 Å². The fraction of sp³-hybridized carbons (Fsp3) is 0.250. The lowest BCUT2D eigenvalue weighted by Gasteiger charge is -2.14. The Morgan fingerprint density at radius 2 is 1.29 bits per heavy atom. The van der Waals surface area contributed by atoms with Gasteiger partial charge in [-0.2, -0.15) is 0 Å². The van der Waals surface area contributed by atoms with Crippen molar-refractivity contribution in [2.24, 2.45) is 0 Å². The van der Waals surface area contributed by atoms with Crippen molar-refractivity contribution in [2.75, 3.05) is 32.0 Å². The zero-order valence-corrected chi connectivity index (χ0v) is 16.1. The molecule has 0 aromatic heterocycles. The average molecular weight is 386 g/mol. The number of rotatable bonds is 8. The highest BCUT2D eigenvalue weighted by atomic mass is 16.5. The molecule has 0 atom stereocenters. The van der Waals surface area contributed by atoms with E-state index in [0.29, 0.717) is 34.2 Å².